The number of nitrogens with zero attached hydrogens (tertiary/aromatic N) is 1. The molecule has 0 saturated heterocycles. The molecule has 0 unspecified atom stereocenters. The molecule has 44 valence electrons. The highest BCUT2D eigenvalue weighted by Crippen LogP contribution is 1.75. The predicted molar refractivity (Wildman–Crippen MR) is 23.1 cm³/mol. The third-order valence-corrected chi connectivity index (χ3v) is 0.318. The van der Waals surface area contributed by atoms with E-state index in [0.29, 0.717) is 0 Å². The van der Waals surface area contributed by atoms with Gasteiger partial charge in [-0.2, -0.15) is 9.88 Å². The molecule has 0 atom stereocenters. The molecule has 0 N–H and O–H groups in total. The van der Waals surface area contributed by atoms with Crippen LogP contribution in [0.25, 0.3) is 0 Å². The van der Waals surface area contributed by atoms with Crippen molar-refractivity contribution in [3.63, 3.8) is 0 Å². The largest absolute Gasteiger partial charge is 0.234 e. The first kappa shape index (κ1) is 6.81. The summed E-state index contributed by atoms with van der Waals surface area (Å²) in [7, 11) is 0. The maximum Gasteiger partial charge on any atom is 0.190 e. The summed E-state index contributed by atoms with van der Waals surface area (Å²) < 4.78 is 0. The lowest BCUT2D eigenvalue weighted by atomic mass is 10.7. The van der Waals surface area contributed by atoms with Crippen LogP contribution in [0.3, 0.4) is 0 Å². The Kier molecular flexibility index (Phi) is 4.95. The number of hydrogen-bond donors (Lipinski definition) is 0. The van der Waals surface area contributed by atoms with E-state index in [0.717, 1.165) is 6.08 Å². The van der Waals surface area contributed by atoms with Crippen molar-refractivity contribution in [2.24, 2.45) is 5.34 Å². The van der Waals surface area contributed by atoms with Crippen molar-refractivity contribution in [3.8, 4) is 0 Å². The first-order chi connectivity index (χ1) is 3.91. The van der Waals surface area contributed by atoms with E-state index in [9.17, 15) is 4.79 Å². The molecule has 0 fully saturated rings. The van der Waals surface area contributed by atoms with Crippen molar-refractivity contribution >= 4 is 5.94 Å². The minimum absolute atomic E-state index is 0.116. The summed E-state index contributed by atoms with van der Waals surface area (Å²) in [5.41, 5.74) is 0. The van der Waals surface area contributed by atoms with Gasteiger partial charge < -0.3 is 0 Å². The lowest BCUT2D eigenvalue weighted by molar-refractivity contribution is -0.289. The fraction of sp³-hybridized carbons (Fsp3) is 0.333. The van der Waals surface area contributed by atoms with Gasteiger partial charge in [0.25, 0.3) is 0 Å². The SMILES string of the molecule is O=C=CCOON=O. The molecule has 0 aliphatic carbocycles. The quantitative estimate of drug-likeness (QED) is 0.171. The molecule has 5 nitrogen and oxygen atoms in total. The van der Waals surface area contributed by atoms with Crippen LogP contribution in [0.5, 0.6) is 0 Å². The highest BCUT2D eigenvalue weighted by Gasteiger charge is 1.77. The van der Waals surface area contributed by atoms with Crippen molar-refractivity contribution in [2.75, 3.05) is 6.61 Å². The molecular formula is C3H3NO4. The van der Waals surface area contributed by atoms with Crippen LogP contribution in [0.15, 0.2) is 11.4 Å². The number of rotatable bonds is 4. The monoisotopic (exact) mass is 117 g/mol. The Morgan fingerprint density at radius 2 is 2.50 bits per heavy atom. The van der Waals surface area contributed by atoms with E-state index in [4.69, 9.17) is 4.91 Å². The van der Waals surface area contributed by atoms with Gasteiger partial charge in [0.05, 0.1) is 0 Å². The van der Waals surface area contributed by atoms with Gasteiger partial charge in [-0.05, 0) is 0 Å². The lowest BCUT2D eigenvalue weighted by Gasteiger charge is -1.84. The molecule has 0 aromatic carbocycles. The average Bonchev–Trinajstić information content (AvgIpc) is 1.81. The van der Waals surface area contributed by atoms with E-state index in [2.05, 4.69) is 9.88 Å². The molecule has 0 aromatic heterocycles. The van der Waals surface area contributed by atoms with Crippen LogP contribution in [0.4, 0.5) is 0 Å². The molecule has 0 aliphatic rings. The molecule has 0 amide bonds. The summed E-state index contributed by atoms with van der Waals surface area (Å²) in [6.45, 7) is -0.116. The van der Waals surface area contributed by atoms with Crippen molar-refractivity contribution in [2.45, 2.75) is 0 Å². The molecule has 0 bridgehead atoms. The van der Waals surface area contributed by atoms with Crippen LogP contribution in [-0.2, 0) is 14.7 Å². The third kappa shape index (κ3) is 4.81. The summed E-state index contributed by atoms with van der Waals surface area (Å²) in [6.07, 6.45) is 1.01. The molecule has 8 heavy (non-hydrogen) atoms. The Labute approximate surface area is 44.7 Å². The average molecular weight is 117 g/mol. The molecule has 0 saturated carbocycles. The van der Waals surface area contributed by atoms with Gasteiger partial charge in [0.2, 0.25) is 0 Å². The molecule has 0 radical (unpaired) electrons. The van der Waals surface area contributed by atoms with Crippen LogP contribution in [0, 0.1) is 4.91 Å². The summed E-state index contributed by atoms with van der Waals surface area (Å²) in [6, 6.07) is 0. The van der Waals surface area contributed by atoms with E-state index in [1.807, 2.05) is 5.34 Å². The second kappa shape index (κ2) is 5.81. The first-order valence-corrected chi connectivity index (χ1v) is 1.72. The summed E-state index contributed by atoms with van der Waals surface area (Å²) in [4.78, 5) is 25.8. The second-order valence-electron chi connectivity index (χ2n) is 0.756. The first-order valence-electron chi connectivity index (χ1n) is 1.72. The Bertz CT molecular complexity index is 106. The van der Waals surface area contributed by atoms with Crippen LogP contribution < -0.4 is 0 Å². The van der Waals surface area contributed by atoms with Crippen LogP contribution in [0.2, 0.25) is 0 Å². The summed E-state index contributed by atoms with van der Waals surface area (Å²) in [5, 5.41) is 1.89. The van der Waals surface area contributed by atoms with Gasteiger partial charge in [0, 0.05) is 6.08 Å². The standard InChI is InChI=1S/C3H3NO4/c5-2-1-3-7-8-4-6/h1H,3H2. The normalized spacial score (nSPS) is 7.00. The molecule has 0 rings (SSSR count). The Balaban J connectivity index is 2.93. The predicted octanol–water partition coefficient (Wildman–Crippen LogP) is 0.00380. The molecular weight excluding hydrogens is 114 g/mol. The maximum absolute atomic E-state index is 9.34. The lowest BCUT2D eigenvalue weighted by Crippen LogP contribution is -1.85. The maximum atomic E-state index is 9.34. The van der Waals surface area contributed by atoms with Gasteiger partial charge in [0.15, 0.2) is 5.34 Å². The Morgan fingerprint density at radius 1 is 1.75 bits per heavy atom. The molecule has 5 heteroatoms. The zero-order valence-electron chi connectivity index (χ0n) is 3.86. The number of hydrogen-bond acceptors (Lipinski definition) is 5. The topological polar surface area (TPSA) is 65.0 Å². The van der Waals surface area contributed by atoms with Gasteiger partial charge in [-0.1, -0.05) is 0 Å². The second-order valence-corrected chi connectivity index (χ2v) is 0.756. The van der Waals surface area contributed by atoms with E-state index in [1.54, 1.807) is 0 Å². The highest BCUT2D eigenvalue weighted by atomic mass is 17.3. The summed E-state index contributed by atoms with van der Waals surface area (Å²) >= 11 is 0. The van der Waals surface area contributed by atoms with Gasteiger partial charge in [-0.15, -0.1) is 4.91 Å². The van der Waals surface area contributed by atoms with Crippen molar-refractivity contribution in [1.82, 2.24) is 0 Å². The van der Waals surface area contributed by atoms with E-state index in [1.165, 1.54) is 5.94 Å². The minimum atomic E-state index is -0.116. The van der Waals surface area contributed by atoms with Crippen LogP contribution in [-0.4, -0.2) is 12.5 Å². The van der Waals surface area contributed by atoms with Crippen molar-refractivity contribution < 1.29 is 14.7 Å². The fourth-order valence-corrected chi connectivity index (χ4v) is 0.120. The molecule has 0 spiro atoms. The zero-order chi connectivity index (χ0) is 6.24. The number of carbonyl (C=O) groups excluding carboxylic acids is 1. The van der Waals surface area contributed by atoms with Gasteiger partial charge in [-0.3, -0.25) is 0 Å². The molecule has 0 aromatic rings. The fourth-order valence-electron chi connectivity index (χ4n) is 0.120. The van der Waals surface area contributed by atoms with Crippen molar-refractivity contribution in [1.29, 1.82) is 0 Å². The Hall–Kier alpha value is -1.19. The highest BCUT2D eigenvalue weighted by molar-refractivity contribution is 5.44. The van der Waals surface area contributed by atoms with Crippen LogP contribution >= 0.6 is 0 Å². The van der Waals surface area contributed by atoms with E-state index >= 15 is 0 Å². The van der Waals surface area contributed by atoms with Crippen LogP contribution in [0.1, 0.15) is 0 Å². The Morgan fingerprint density at radius 3 is 3.00 bits per heavy atom. The molecule has 0 heterocycles. The van der Waals surface area contributed by atoms with Gasteiger partial charge in [0.1, 0.15) is 12.5 Å². The molecule has 0 aliphatic heterocycles. The summed E-state index contributed by atoms with van der Waals surface area (Å²) in [5.74, 6) is 1.40. The van der Waals surface area contributed by atoms with Gasteiger partial charge >= 0.3 is 0 Å². The van der Waals surface area contributed by atoms with Gasteiger partial charge in [-0.25, -0.2) is 4.79 Å². The zero-order valence-corrected chi connectivity index (χ0v) is 3.86. The smallest absolute Gasteiger partial charge is 0.190 e. The van der Waals surface area contributed by atoms with Crippen molar-refractivity contribution in [3.05, 3.63) is 11.0 Å². The third-order valence-electron chi connectivity index (χ3n) is 0.318. The van der Waals surface area contributed by atoms with E-state index in [-0.39, 0.29) is 6.61 Å². The van der Waals surface area contributed by atoms with E-state index < -0.39 is 0 Å². The minimum Gasteiger partial charge on any atom is -0.234 e.